The number of carbonyl (C=O) groups is 2. The molecule has 1 aliphatic rings. The third kappa shape index (κ3) is 2.89. The first kappa shape index (κ1) is 15.4. The van der Waals surface area contributed by atoms with Crippen LogP contribution in [0.4, 0.5) is 0 Å². The van der Waals surface area contributed by atoms with E-state index in [0.717, 1.165) is 12.0 Å². The summed E-state index contributed by atoms with van der Waals surface area (Å²) in [6, 6.07) is 9.64. The zero-order chi connectivity index (χ0) is 15.6. The van der Waals surface area contributed by atoms with Gasteiger partial charge in [0.1, 0.15) is 5.78 Å². The summed E-state index contributed by atoms with van der Waals surface area (Å²) in [6.07, 6.45) is 0.857. The molecule has 1 amide bonds. The Kier molecular flexibility index (Phi) is 4.56. The zero-order valence-corrected chi connectivity index (χ0v) is 13.0. The summed E-state index contributed by atoms with van der Waals surface area (Å²) in [6.45, 7) is 5.63. The molecule has 0 N–H and O–H groups in total. The van der Waals surface area contributed by atoms with Crippen molar-refractivity contribution in [3.63, 3.8) is 0 Å². The fourth-order valence-electron chi connectivity index (χ4n) is 2.92. The van der Waals surface area contributed by atoms with Gasteiger partial charge >= 0.3 is 0 Å². The van der Waals surface area contributed by atoms with Gasteiger partial charge in [0, 0.05) is 7.05 Å². The minimum absolute atomic E-state index is 0.00403. The predicted octanol–water partition coefficient (Wildman–Crippen LogP) is 2.73. The number of carbonyl (C=O) groups excluding carboxylic acids is 2. The SMILES string of the molecule is CCC(C)C1C(=O)N(C)N=C(c2ccccc2)C1C(C)=O. The number of hydrogen-bond acceptors (Lipinski definition) is 3. The maximum Gasteiger partial charge on any atom is 0.246 e. The van der Waals surface area contributed by atoms with E-state index in [9.17, 15) is 9.59 Å². The molecule has 0 spiro atoms. The van der Waals surface area contributed by atoms with Crippen LogP contribution >= 0.6 is 0 Å². The van der Waals surface area contributed by atoms with Crippen molar-refractivity contribution in [3.8, 4) is 0 Å². The highest BCUT2D eigenvalue weighted by Gasteiger charge is 2.43. The Morgan fingerprint density at radius 2 is 1.95 bits per heavy atom. The van der Waals surface area contributed by atoms with Crippen molar-refractivity contribution >= 4 is 17.4 Å². The van der Waals surface area contributed by atoms with Crippen LogP contribution in [0.3, 0.4) is 0 Å². The Hall–Kier alpha value is -1.97. The molecule has 0 saturated carbocycles. The number of amides is 1. The molecule has 4 heteroatoms. The first-order valence-corrected chi connectivity index (χ1v) is 7.39. The van der Waals surface area contributed by atoms with E-state index in [1.807, 2.05) is 44.2 Å². The summed E-state index contributed by atoms with van der Waals surface area (Å²) in [5, 5.41) is 5.77. The quantitative estimate of drug-likeness (QED) is 0.854. The molecule has 21 heavy (non-hydrogen) atoms. The van der Waals surface area contributed by atoms with E-state index in [1.54, 1.807) is 14.0 Å². The lowest BCUT2D eigenvalue weighted by Gasteiger charge is -2.36. The Morgan fingerprint density at radius 3 is 2.48 bits per heavy atom. The van der Waals surface area contributed by atoms with Gasteiger partial charge in [-0.3, -0.25) is 9.59 Å². The van der Waals surface area contributed by atoms with Crippen LogP contribution in [-0.2, 0) is 9.59 Å². The van der Waals surface area contributed by atoms with E-state index < -0.39 is 5.92 Å². The second-order valence-electron chi connectivity index (χ2n) is 5.71. The van der Waals surface area contributed by atoms with E-state index >= 15 is 0 Å². The molecule has 0 radical (unpaired) electrons. The number of hydrogen-bond donors (Lipinski definition) is 0. The average molecular weight is 286 g/mol. The molecule has 1 aromatic rings. The Balaban J connectivity index is 2.54. The zero-order valence-electron chi connectivity index (χ0n) is 13.0. The van der Waals surface area contributed by atoms with Crippen LogP contribution in [0.1, 0.15) is 32.8 Å². The molecular formula is C17H22N2O2. The van der Waals surface area contributed by atoms with Crippen LogP contribution in [0.5, 0.6) is 0 Å². The van der Waals surface area contributed by atoms with Gasteiger partial charge in [-0.1, -0.05) is 50.6 Å². The largest absolute Gasteiger partial charge is 0.299 e. The van der Waals surface area contributed by atoms with Gasteiger partial charge in [-0.2, -0.15) is 5.10 Å². The number of Topliss-reactive ketones (excluding diaryl/α,β-unsaturated/α-hetero) is 1. The van der Waals surface area contributed by atoms with Crippen molar-refractivity contribution in [2.24, 2.45) is 22.9 Å². The van der Waals surface area contributed by atoms with Crippen molar-refractivity contribution in [3.05, 3.63) is 35.9 Å². The van der Waals surface area contributed by atoms with Crippen LogP contribution in [0.15, 0.2) is 35.4 Å². The molecule has 4 nitrogen and oxygen atoms in total. The van der Waals surface area contributed by atoms with Gasteiger partial charge in [-0.15, -0.1) is 0 Å². The third-order valence-corrected chi connectivity index (χ3v) is 4.28. The molecule has 0 bridgehead atoms. The smallest absolute Gasteiger partial charge is 0.246 e. The molecule has 1 aromatic carbocycles. The summed E-state index contributed by atoms with van der Waals surface area (Å²) in [5.41, 5.74) is 1.61. The highest BCUT2D eigenvalue weighted by molar-refractivity contribution is 6.16. The number of ketones is 1. The minimum Gasteiger partial charge on any atom is -0.299 e. The van der Waals surface area contributed by atoms with Crippen LogP contribution in [0.2, 0.25) is 0 Å². The van der Waals surface area contributed by atoms with Crippen molar-refractivity contribution in [2.75, 3.05) is 7.05 Å². The van der Waals surface area contributed by atoms with E-state index in [4.69, 9.17) is 0 Å². The van der Waals surface area contributed by atoms with Crippen LogP contribution < -0.4 is 0 Å². The maximum absolute atomic E-state index is 12.5. The molecule has 3 unspecified atom stereocenters. The first-order valence-electron chi connectivity index (χ1n) is 7.39. The normalized spacial score (nSPS) is 23.7. The fraction of sp³-hybridized carbons (Fsp3) is 0.471. The van der Waals surface area contributed by atoms with Gasteiger partial charge in [0.2, 0.25) is 5.91 Å². The van der Waals surface area contributed by atoms with Crippen LogP contribution in [-0.4, -0.2) is 29.5 Å². The summed E-state index contributed by atoms with van der Waals surface area (Å²) >= 11 is 0. The molecule has 1 aliphatic heterocycles. The first-order chi connectivity index (χ1) is 9.97. The second-order valence-corrected chi connectivity index (χ2v) is 5.71. The van der Waals surface area contributed by atoms with Gasteiger partial charge < -0.3 is 0 Å². The molecule has 0 aliphatic carbocycles. The Labute approximate surface area is 125 Å². The average Bonchev–Trinajstić information content (AvgIpc) is 2.49. The molecular weight excluding hydrogens is 264 g/mol. The molecule has 0 aromatic heterocycles. The van der Waals surface area contributed by atoms with Gasteiger partial charge in [0.25, 0.3) is 0 Å². The van der Waals surface area contributed by atoms with Crippen molar-refractivity contribution < 1.29 is 9.59 Å². The van der Waals surface area contributed by atoms with E-state index in [-0.39, 0.29) is 23.5 Å². The van der Waals surface area contributed by atoms with Gasteiger partial charge in [0.15, 0.2) is 0 Å². The van der Waals surface area contributed by atoms with Crippen molar-refractivity contribution in [1.29, 1.82) is 0 Å². The standard InChI is InChI=1S/C17H22N2O2/c1-5-11(2)14-15(12(3)20)16(18-19(4)17(14)21)13-9-7-6-8-10-13/h6-11,14-15H,5H2,1-4H3. The van der Waals surface area contributed by atoms with E-state index in [0.29, 0.717) is 5.71 Å². The lowest BCUT2D eigenvalue weighted by molar-refractivity contribution is -0.141. The van der Waals surface area contributed by atoms with E-state index in [2.05, 4.69) is 5.10 Å². The number of benzene rings is 1. The van der Waals surface area contributed by atoms with Crippen LogP contribution in [0.25, 0.3) is 0 Å². The molecule has 112 valence electrons. The topological polar surface area (TPSA) is 49.7 Å². The summed E-state index contributed by atoms with van der Waals surface area (Å²) in [7, 11) is 1.66. The number of rotatable bonds is 4. The van der Waals surface area contributed by atoms with Crippen LogP contribution in [0, 0.1) is 17.8 Å². The molecule has 0 fully saturated rings. The maximum atomic E-state index is 12.5. The minimum atomic E-state index is -0.453. The predicted molar refractivity (Wildman–Crippen MR) is 82.9 cm³/mol. The summed E-state index contributed by atoms with van der Waals surface area (Å²) in [4.78, 5) is 24.7. The van der Waals surface area contributed by atoms with Gasteiger partial charge in [-0.05, 0) is 18.4 Å². The summed E-state index contributed by atoms with van der Waals surface area (Å²) in [5.74, 6) is -0.701. The highest BCUT2D eigenvalue weighted by atomic mass is 16.2. The second kappa shape index (κ2) is 6.20. The molecule has 1 heterocycles. The highest BCUT2D eigenvalue weighted by Crippen LogP contribution is 2.33. The number of hydrazone groups is 1. The third-order valence-electron chi connectivity index (χ3n) is 4.28. The Morgan fingerprint density at radius 1 is 1.33 bits per heavy atom. The fourth-order valence-corrected chi connectivity index (χ4v) is 2.92. The summed E-state index contributed by atoms with van der Waals surface area (Å²) < 4.78 is 0. The van der Waals surface area contributed by atoms with Gasteiger partial charge in [-0.25, -0.2) is 5.01 Å². The molecule has 2 rings (SSSR count). The molecule has 3 atom stereocenters. The lowest BCUT2D eigenvalue weighted by Crippen LogP contribution is -2.48. The lowest BCUT2D eigenvalue weighted by atomic mass is 9.73. The Bertz CT molecular complexity index is 565. The number of nitrogens with zero attached hydrogens (tertiary/aromatic N) is 2. The van der Waals surface area contributed by atoms with Crippen molar-refractivity contribution in [2.45, 2.75) is 27.2 Å². The van der Waals surface area contributed by atoms with Gasteiger partial charge in [0.05, 0.1) is 17.5 Å². The molecule has 0 saturated heterocycles. The van der Waals surface area contributed by atoms with E-state index in [1.165, 1.54) is 5.01 Å². The van der Waals surface area contributed by atoms with Crippen molar-refractivity contribution in [1.82, 2.24) is 5.01 Å². The monoisotopic (exact) mass is 286 g/mol.